The van der Waals surface area contributed by atoms with E-state index in [0.29, 0.717) is 4.47 Å². The van der Waals surface area contributed by atoms with Gasteiger partial charge in [-0.25, -0.2) is 4.39 Å². The van der Waals surface area contributed by atoms with Crippen LogP contribution in [0.25, 0.3) is 0 Å². The summed E-state index contributed by atoms with van der Waals surface area (Å²) in [6, 6.07) is 7.35. The van der Waals surface area contributed by atoms with Crippen LogP contribution in [0, 0.1) is 12.7 Å². The van der Waals surface area contributed by atoms with Crippen LogP contribution in [0.15, 0.2) is 39.4 Å². The molecule has 0 aliphatic rings. The summed E-state index contributed by atoms with van der Waals surface area (Å²) in [5.41, 5.74) is 2.26. The SMILES string of the molecule is CCCNC(Cc1ccc(F)c(Br)c1)c1ccoc1C. The Morgan fingerprint density at radius 2 is 2.15 bits per heavy atom. The van der Waals surface area contributed by atoms with E-state index in [4.69, 9.17) is 4.42 Å². The van der Waals surface area contributed by atoms with Gasteiger partial charge < -0.3 is 9.73 Å². The highest BCUT2D eigenvalue weighted by Gasteiger charge is 2.16. The maximum Gasteiger partial charge on any atom is 0.137 e. The van der Waals surface area contributed by atoms with Gasteiger partial charge in [0.05, 0.1) is 10.7 Å². The summed E-state index contributed by atoms with van der Waals surface area (Å²) in [5, 5.41) is 3.53. The molecule has 0 bridgehead atoms. The van der Waals surface area contributed by atoms with Crippen LogP contribution in [0.2, 0.25) is 0 Å². The Hall–Kier alpha value is -1.13. The lowest BCUT2D eigenvalue weighted by atomic mass is 9.99. The van der Waals surface area contributed by atoms with Crippen LogP contribution >= 0.6 is 15.9 Å². The lowest BCUT2D eigenvalue weighted by molar-refractivity contribution is 0.493. The van der Waals surface area contributed by atoms with E-state index < -0.39 is 0 Å². The molecule has 1 heterocycles. The minimum Gasteiger partial charge on any atom is -0.469 e. The zero-order valence-corrected chi connectivity index (χ0v) is 13.3. The zero-order chi connectivity index (χ0) is 14.5. The molecule has 0 amide bonds. The van der Waals surface area contributed by atoms with E-state index in [1.165, 1.54) is 11.6 Å². The Morgan fingerprint density at radius 3 is 2.75 bits per heavy atom. The Bertz CT molecular complexity index is 567. The van der Waals surface area contributed by atoms with E-state index in [0.717, 1.165) is 30.7 Å². The van der Waals surface area contributed by atoms with Gasteiger partial charge in [0.2, 0.25) is 0 Å². The van der Waals surface area contributed by atoms with E-state index in [9.17, 15) is 4.39 Å². The molecule has 2 rings (SSSR count). The van der Waals surface area contributed by atoms with Crippen LogP contribution in [0.5, 0.6) is 0 Å². The van der Waals surface area contributed by atoms with Crippen LogP contribution in [-0.2, 0) is 6.42 Å². The van der Waals surface area contributed by atoms with Crippen molar-refractivity contribution in [2.24, 2.45) is 0 Å². The Balaban J connectivity index is 2.19. The number of aryl methyl sites for hydroxylation is 1. The molecule has 0 fully saturated rings. The van der Waals surface area contributed by atoms with Gasteiger partial charge in [-0.3, -0.25) is 0 Å². The third-order valence-corrected chi connectivity index (χ3v) is 3.95. The molecule has 0 aliphatic carbocycles. The van der Waals surface area contributed by atoms with Gasteiger partial charge in [0.1, 0.15) is 11.6 Å². The average molecular weight is 340 g/mol. The van der Waals surface area contributed by atoms with Gasteiger partial charge in [-0.15, -0.1) is 0 Å². The Morgan fingerprint density at radius 1 is 1.35 bits per heavy atom. The van der Waals surface area contributed by atoms with Gasteiger partial charge >= 0.3 is 0 Å². The van der Waals surface area contributed by atoms with E-state index in [1.54, 1.807) is 6.26 Å². The van der Waals surface area contributed by atoms with Gasteiger partial charge in [-0.2, -0.15) is 0 Å². The maximum absolute atomic E-state index is 13.3. The minimum atomic E-state index is -0.230. The first-order valence-electron chi connectivity index (χ1n) is 6.83. The summed E-state index contributed by atoms with van der Waals surface area (Å²) in [4.78, 5) is 0. The summed E-state index contributed by atoms with van der Waals surface area (Å²) in [5.74, 6) is 0.700. The molecule has 1 unspecified atom stereocenters. The number of nitrogens with one attached hydrogen (secondary N) is 1. The van der Waals surface area contributed by atoms with Gasteiger partial charge in [0.25, 0.3) is 0 Å². The van der Waals surface area contributed by atoms with Crippen LogP contribution in [0.3, 0.4) is 0 Å². The van der Waals surface area contributed by atoms with Crippen molar-refractivity contribution in [2.75, 3.05) is 6.54 Å². The van der Waals surface area contributed by atoms with Crippen molar-refractivity contribution >= 4 is 15.9 Å². The van der Waals surface area contributed by atoms with E-state index in [-0.39, 0.29) is 11.9 Å². The summed E-state index contributed by atoms with van der Waals surface area (Å²) in [6.45, 7) is 5.05. The van der Waals surface area contributed by atoms with Crippen LogP contribution < -0.4 is 5.32 Å². The van der Waals surface area contributed by atoms with Crippen molar-refractivity contribution in [3.05, 3.63) is 57.7 Å². The van der Waals surface area contributed by atoms with Crippen molar-refractivity contribution in [2.45, 2.75) is 32.7 Å². The molecule has 0 aliphatic heterocycles. The number of benzene rings is 1. The molecule has 1 atom stereocenters. The summed E-state index contributed by atoms with van der Waals surface area (Å²) >= 11 is 3.24. The van der Waals surface area contributed by atoms with Gasteiger partial charge in [0.15, 0.2) is 0 Å². The van der Waals surface area contributed by atoms with Gasteiger partial charge in [0, 0.05) is 11.6 Å². The third kappa shape index (κ3) is 3.70. The first kappa shape index (κ1) is 15.3. The zero-order valence-electron chi connectivity index (χ0n) is 11.7. The van der Waals surface area contributed by atoms with E-state index >= 15 is 0 Å². The molecule has 4 heteroatoms. The largest absolute Gasteiger partial charge is 0.469 e. The topological polar surface area (TPSA) is 25.2 Å². The molecule has 1 aromatic heterocycles. The molecule has 0 radical (unpaired) electrons. The molecule has 20 heavy (non-hydrogen) atoms. The van der Waals surface area contributed by atoms with Crippen LogP contribution in [0.4, 0.5) is 4.39 Å². The fourth-order valence-corrected chi connectivity index (χ4v) is 2.70. The van der Waals surface area contributed by atoms with Crippen molar-refractivity contribution in [1.29, 1.82) is 0 Å². The van der Waals surface area contributed by atoms with Crippen molar-refractivity contribution in [3.8, 4) is 0 Å². The summed E-state index contributed by atoms with van der Waals surface area (Å²) in [7, 11) is 0. The van der Waals surface area contributed by atoms with Crippen molar-refractivity contribution in [1.82, 2.24) is 5.32 Å². The molecule has 2 nitrogen and oxygen atoms in total. The number of rotatable bonds is 6. The number of furan rings is 1. The second-order valence-corrected chi connectivity index (χ2v) is 5.75. The molecular weight excluding hydrogens is 321 g/mol. The number of hydrogen-bond acceptors (Lipinski definition) is 2. The summed E-state index contributed by atoms with van der Waals surface area (Å²) < 4.78 is 19.2. The standard InChI is InChI=1S/C16H19BrFNO/c1-3-7-19-16(13-6-8-20-11(13)2)10-12-4-5-15(18)14(17)9-12/h4-6,8-9,16,19H,3,7,10H2,1-2H3. The first-order chi connectivity index (χ1) is 9.61. The maximum atomic E-state index is 13.3. The minimum absolute atomic E-state index is 0.186. The highest BCUT2D eigenvalue weighted by Crippen LogP contribution is 2.25. The highest BCUT2D eigenvalue weighted by atomic mass is 79.9. The third-order valence-electron chi connectivity index (χ3n) is 3.34. The molecule has 0 spiro atoms. The Kier molecular flexibility index (Phi) is 5.38. The van der Waals surface area contributed by atoms with Crippen LogP contribution in [0.1, 0.15) is 36.3 Å². The van der Waals surface area contributed by atoms with Crippen molar-refractivity contribution in [3.63, 3.8) is 0 Å². The summed E-state index contributed by atoms with van der Waals surface area (Å²) in [6.07, 6.45) is 3.59. The molecular formula is C16H19BrFNO. The predicted molar refractivity (Wildman–Crippen MR) is 82.3 cm³/mol. The molecule has 0 saturated carbocycles. The monoisotopic (exact) mass is 339 g/mol. The fraction of sp³-hybridized carbons (Fsp3) is 0.375. The number of halogens is 2. The second kappa shape index (κ2) is 7.04. The fourth-order valence-electron chi connectivity index (χ4n) is 2.27. The number of hydrogen-bond donors (Lipinski definition) is 1. The normalized spacial score (nSPS) is 12.6. The van der Waals surface area contributed by atoms with E-state index in [2.05, 4.69) is 28.2 Å². The van der Waals surface area contributed by atoms with Gasteiger partial charge in [-0.1, -0.05) is 13.0 Å². The molecule has 108 valence electrons. The molecule has 2 aromatic rings. The average Bonchev–Trinajstić information content (AvgIpc) is 2.85. The lowest BCUT2D eigenvalue weighted by Crippen LogP contribution is -2.24. The lowest BCUT2D eigenvalue weighted by Gasteiger charge is -2.18. The van der Waals surface area contributed by atoms with E-state index in [1.807, 2.05) is 25.1 Å². The molecule has 0 saturated heterocycles. The second-order valence-electron chi connectivity index (χ2n) is 4.89. The quantitative estimate of drug-likeness (QED) is 0.819. The Labute approximate surface area is 127 Å². The molecule has 1 N–H and O–H groups in total. The molecule has 1 aromatic carbocycles. The first-order valence-corrected chi connectivity index (χ1v) is 7.62. The van der Waals surface area contributed by atoms with Crippen LogP contribution in [-0.4, -0.2) is 6.54 Å². The van der Waals surface area contributed by atoms with Gasteiger partial charge in [-0.05, 0) is 66.0 Å². The predicted octanol–water partition coefficient (Wildman–Crippen LogP) is 4.77. The highest BCUT2D eigenvalue weighted by molar-refractivity contribution is 9.10. The smallest absolute Gasteiger partial charge is 0.137 e. The van der Waals surface area contributed by atoms with Crippen molar-refractivity contribution < 1.29 is 8.81 Å².